The fraction of sp³-hybridized carbons (Fsp3) is 0.235. The van der Waals surface area contributed by atoms with Gasteiger partial charge in [0.1, 0.15) is 0 Å². The van der Waals surface area contributed by atoms with E-state index in [1.807, 2.05) is 36.4 Å². The lowest BCUT2D eigenvalue weighted by Crippen LogP contribution is -2.18. The molecule has 2 rings (SSSR count). The Balaban J connectivity index is 1.96. The molecule has 4 N–H and O–H groups in total. The SMILES string of the molecule is CC(NCc1ccc(C(N)=O)cc1)c1cccc(CO)c1. The molecule has 1 atom stereocenters. The van der Waals surface area contributed by atoms with E-state index in [1.54, 1.807) is 12.1 Å². The van der Waals surface area contributed by atoms with Gasteiger partial charge in [0.15, 0.2) is 0 Å². The molecule has 0 saturated heterocycles. The van der Waals surface area contributed by atoms with Crippen LogP contribution in [0.5, 0.6) is 0 Å². The summed E-state index contributed by atoms with van der Waals surface area (Å²) < 4.78 is 0. The highest BCUT2D eigenvalue weighted by Gasteiger charge is 2.06. The second-order valence-electron chi connectivity index (χ2n) is 5.07. The number of carbonyl (C=O) groups is 1. The summed E-state index contributed by atoms with van der Waals surface area (Å²) in [6, 6.07) is 15.3. The van der Waals surface area contributed by atoms with E-state index in [0.717, 1.165) is 16.7 Å². The summed E-state index contributed by atoms with van der Waals surface area (Å²) in [5, 5.41) is 12.6. The van der Waals surface area contributed by atoms with Crippen molar-refractivity contribution in [2.45, 2.75) is 26.1 Å². The molecule has 0 aromatic heterocycles. The zero-order chi connectivity index (χ0) is 15.2. The average molecular weight is 284 g/mol. The first-order chi connectivity index (χ1) is 10.1. The van der Waals surface area contributed by atoms with Gasteiger partial charge < -0.3 is 16.2 Å². The maximum absolute atomic E-state index is 11.0. The van der Waals surface area contributed by atoms with E-state index in [4.69, 9.17) is 10.8 Å². The number of primary amides is 1. The van der Waals surface area contributed by atoms with Crippen LogP contribution in [0.25, 0.3) is 0 Å². The highest BCUT2D eigenvalue weighted by atomic mass is 16.3. The number of carbonyl (C=O) groups excluding carboxylic acids is 1. The number of aliphatic hydroxyl groups excluding tert-OH is 1. The van der Waals surface area contributed by atoms with E-state index in [2.05, 4.69) is 12.2 Å². The predicted octanol–water partition coefficient (Wildman–Crippen LogP) is 2.13. The number of hydrogen-bond donors (Lipinski definition) is 3. The van der Waals surface area contributed by atoms with Crippen molar-refractivity contribution in [1.82, 2.24) is 5.32 Å². The predicted molar refractivity (Wildman–Crippen MR) is 82.6 cm³/mol. The molecular formula is C17H20N2O2. The molecule has 0 heterocycles. The van der Waals surface area contributed by atoms with Gasteiger partial charge in [-0.25, -0.2) is 0 Å². The second-order valence-corrected chi connectivity index (χ2v) is 5.07. The lowest BCUT2D eigenvalue weighted by Gasteiger charge is -2.15. The van der Waals surface area contributed by atoms with Crippen LogP contribution in [0, 0.1) is 0 Å². The summed E-state index contributed by atoms with van der Waals surface area (Å²) in [5.41, 5.74) is 8.86. The highest BCUT2D eigenvalue weighted by molar-refractivity contribution is 5.92. The van der Waals surface area contributed by atoms with Crippen molar-refractivity contribution in [2.75, 3.05) is 0 Å². The Morgan fingerprint density at radius 1 is 1.19 bits per heavy atom. The van der Waals surface area contributed by atoms with Crippen molar-refractivity contribution < 1.29 is 9.90 Å². The standard InChI is InChI=1S/C17H20N2O2/c1-12(16-4-2-3-14(9-16)11-20)19-10-13-5-7-15(8-6-13)17(18)21/h2-9,12,19-20H,10-11H2,1H3,(H2,18,21). The van der Waals surface area contributed by atoms with Crippen LogP contribution in [0.1, 0.15) is 40.0 Å². The molecular weight excluding hydrogens is 264 g/mol. The summed E-state index contributed by atoms with van der Waals surface area (Å²) >= 11 is 0. The third-order valence-electron chi connectivity index (χ3n) is 3.48. The first-order valence-electron chi connectivity index (χ1n) is 6.92. The molecule has 2 aromatic carbocycles. The zero-order valence-electron chi connectivity index (χ0n) is 12.0. The molecule has 1 amide bonds. The first-order valence-corrected chi connectivity index (χ1v) is 6.92. The molecule has 0 saturated carbocycles. The van der Waals surface area contributed by atoms with Gasteiger partial charge in [-0.15, -0.1) is 0 Å². The third kappa shape index (κ3) is 4.15. The minimum Gasteiger partial charge on any atom is -0.392 e. The Morgan fingerprint density at radius 3 is 2.52 bits per heavy atom. The van der Waals surface area contributed by atoms with Gasteiger partial charge in [0.2, 0.25) is 5.91 Å². The molecule has 21 heavy (non-hydrogen) atoms. The Morgan fingerprint density at radius 2 is 1.90 bits per heavy atom. The monoisotopic (exact) mass is 284 g/mol. The smallest absolute Gasteiger partial charge is 0.248 e. The zero-order valence-corrected chi connectivity index (χ0v) is 12.0. The molecule has 110 valence electrons. The van der Waals surface area contributed by atoms with Crippen LogP contribution in [-0.4, -0.2) is 11.0 Å². The van der Waals surface area contributed by atoms with Gasteiger partial charge in [-0.2, -0.15) is 0 Å². The number of nitrogens with one attached hydrogen (secondary N) is 1. The van der Waals surface area contributed by atoms with Crippen LogP contribution in [0.2, 0.25) is 0 Å². The van der Waals surface area contributed by atoms with Crippen LogP contribution in [0.4, 0.5) is 0 Å². The lowest BCUT2D eigenvalue weighted by molar-refractivity contribution is 0.100. The molecule has 0 aliphatic heterocycles. The van der Waals surface area contributed by atoms with Gasteiger partial charge in [-0.1, -0.05) is 36.4 Å². The van der Waals surface area contributed by atoms with Crippen molar-refractivity contribution in [3.05, 3.63) is 70.8 Å². The number of aliphatic hydroxyl groups is 1. The van der Waals surface area contributed by atoms with Crippen LogP contribution < -0.4 is 11.1 Å². The van der Waals surface area contributed by atoms with Gasteiger partial charge in [0.05, 0.1) is 6.61 Å². The van der Waals surface area contributed by atoms with Crippen molar-refractivity contribution in [3.63, 3.8) is 0 Å². The Labute approximate surface area is 124 Å². The maximum Gasteiger partial charge on any atom is 0.248 e. The topological polar surface area (TPSA) is 75.3 Å². The number of benzene rings is 2. The van der Waals surface area contributed by atoms with E-state index < -0.39 is 5.91 Å². The lowest BCUT2D eigenvalue weighted by atomic mass is 10.0. The molecule has 0 fully saturated rings. The molecule has 0 spiro atoms. The largest absolute Gasteiger partial charge is 0.392 e. The maximum atomic E-state index is 11.0. The third-order valence-corrected chi connectivity index (χ3v) is 3.48. The average Bonchev–Trinajstić information content (AvgIpc) is 2.53. The Bertz CT molecular complexity index is 608. The van der Waals surface area contributed by atoms with E-state index >= 15 is 0 Å². The summed E-state index contributed by atoms with van der Waals surface area (Å²) in [4.78, 5) is 11.0. The fourth-order valence-electron chi connectivity index (χ4n) is 2.14. The van der Waals surface area contributed by atoms with Crippen molar-refractivity contribution in [3.8, 4) is 0 Å². The minimum absolute atomic E-state index is 0.0507. The van der Waals surface area contributed by atoms with Crippen LogP contribution >= 0.6 is 0 Å². The van der Waals surface area contributed by atoms with Gasteiger partial charge in [0, 0.05) is 18.2 Å². The van der Waals surface area contributed by atoms with Gasteiger partial charge >= 0.3 is 0 Å². The van der Waals surface area contributed by atoms with Gasteiger partial charge in [-0.05, 0) is 35.7 Å². The Kier molecular flexibility index (Phi) is 5.09. The minimum atomic E-state index is -0.413. The number of amides is 1. The molecule has 4 heteroatoms. The Hall–Kier alpha value is -2.17. The molecule has 0 aliphatic rings. The normalized spacial score (nSPS) is 12.1. The van der Waals surface area contributed by atoms with E-state index in [0.29, 0.717) is 12.1 Å². The van der Waals surface area contributed by atoms with E-state index in [-0.39, 0.29) is 12.6 Å². The number of rotatable bonds is 6. The quantitative estimate of drug-likeness (QED) is 0.760. The molecule has 1 unspecified atom stereocenters. The van der Waals surface area contributed by atoms with Gasteiger partial charge in [-0.3, -0.25) is 4.79 Å². The summed E-state index contributed by atoms with van der Waals surface area (Å²) in [5.74, 6) is -0.413. The van der Waals surface area contributed by atoms with Gasteiger partial charge in [0.25, 0.3) is 0 Å². The highest BCUT2D eigenvalue weighted by Crippen LogP contribution is 2.15. The summed E-state index contributed by atoms with van der Waals surface area (Å²) in [6.07, 6.45) is 0. The van der Waals surface area contributed by atoms with E-state index in [1.165, 1.54) is 0 Å². The molecule has 0 bridgehead atoms. The van der Waals surface area contributed by atoms with Crippen molar-refractivity contribution in [2.24, 2.45) is 5.73 Å². The van der Waals surface area contributed by atoms with Crippen molar-refractivity contribution >= 4 is 5.91 Å². The number of hydrogen-bond acceptors (Lipinski definition) is 3. The molecule has 0 radical (unpaired) electrons. The van der Waals surface area contributed by atoms with Crippen LogP contribution in [0.3, 0.4) is 0 Å². The molecule has 2 aromatic rings. The fourth-order valence-corrected chi connectivity index (χ4v) is 2.14. The first kappa shape index (κ1) is 15.2. The summed E-state index contributed by atoms with van der Waals surface area (Å²) in [6.45, 7) is 2.83. The molecule has 4 nitrogen and oxygen atoms in total. The van der Waals surface area contributed by atoms with Crippen LogP contribution in [-0.2, 0) is 13.2 Å². The second kappa shape index (κ2) is 7.02. The van der Waals surface area contributed by atoms with E-state index in [9.17, 15) is 4.79 Å². The summed E-state index contributed by atoms with van der Waals surface area (Å²) in [7, 11) is 0. The number of nitrogens with two attached hydrogens (primary N) is 1. The van der Waals surface area contributed by atoms with Crippen LogP contribution in [0.15, 0.2) is 48.5 Å². The van der Waals surface area contributed by atoms with Crippen molar-refractivity contribution in [1.29, 1.82) is 0 Å². The molecule has 0 aliphatic carbocycles.